The lowest BCUT2D eigenvalue weighted by Crippen LogP contribution is -2.24. The van der Waals surface area contributed by atoms with Crippen LogP contribution in [0.2, 0.25) is 0 Å². The lowest BCUT2D eigenvalue weighted by Gasteiger charge is -2.15. The van der Waals surface area contributed by atoms with E-state index in [1.54, 1.807) is 6.07 Å². The molecule has 1 atom stereocenters. The predicted molar refractivity (Wildman–Crippen MR) is 103 cm³/mol. The molecule has 0 aliphatic carbocycles. The van der Waals surface area contributed by atoms with Crippen LogP contribution in [0.5, 0.6) is 0 Å². The molecular formula is C21H22N4O. The molecule has 0 aliphatic heterocycles. The van der Waals surface area contributed by atoms with Crippen molar-refractivity contribution >= 4 is 11.7 Å². The zero-order valence-electron chi connectivity index (χ0n) is 14.9. The number of amides is 1. The Kier molecular flexibility index (Phi) is 5.59. The molecule has 0 bridgehead atoms. The Morgan fingerprint density at radius 1 is 1.04 bits per heavy atom. The van der Waals surface area contributed by atoms with E-state index < -0.39 is 0 Å². The van der Waals surface area contributed by atoms with Gasteiger partial charge in [-0.05, 0) is 25.0 Å². The summed E-state index contributed by atoms with van der Waals surface area (Å²) in [6.45, 7) is 4.55. The summed E-state index contributed by atoms with van der Waals surface area (Å²) in [4.78, 5) is 20.7. The maximum absolute atomic E-state index is 12.4. The van der Waals surface area contributed by atoms with Crippen LogP contribution >= 0.6 is 0 Å². The smallest absolute Gasteiger partial charge is 0.270 e. The standard InChI is InChI=1S/C21H22N4O/c1-15-7-6-8-17(11-15)13-22-21(26)19-12-20(24-14-23-19)25-16(2)18-9-4-3-5-10-18/h3-12,14,16H,13H2,1-2H3,(H,22,26)(H,23,24,25). The maximum Gasteiger partial charge on any atom is 0.270 e. The third-order valence-electron chi connectivity index (χ3n) is 4.10. The van der Waals surface area contributed by atoms with Crippen molar-refractivity contribution in [1.29, 1.82) is 0 Å². The molecule has 0 saturated carbocycles. The fourth-order valence-corrected chi connectivity index (χ4v) is 2.70. The molecule has 1 heterocycles. The van der Waals surface area contributed by atoms with Crippen molar-refractivity contribution in [2.24, 2.45) is 0 Å². The van der Waals surface area contributed by atoms with Crippen molar-refractivity contribution in [1.82, 2.24) is 15.3 Å². The molecule has 5 nitrogen and oxygen atoms in total. The molecule has 1 unspecified atom stereocenters. The molecule has 2 aromatic carbocycles. The third kappa shape index (κ3) is 4.66. The van der Waals surface area contributed by atoms with Gasteiger partial charge in [-0.25, -0.2) is 9.97 Å². The Morgan fingerprint density at radius 2 is 1.85 bits per heavy atom. The second-order valence-corrected chi connectivity index (χ2v) is 6.24. The number of rotatable bonds is 6. The molecule has 26 heavy (non-hydrogen) atoms. The fourth-order valence-electron chi connectivity index (χ4n) is 2.70. The largest absolute Gasteiger partial charge is 0.363 e. The monoisotopic (exact) mass is 346 g/mol. The lowest BCUT2D eigenvalue weighted by molar-refractivity contribution is 0.0945. The molecule has 0 radical (unpaired) electrons. The zero-order chi connectivity index (χ0) is 18.4. The van der Waals surface area contributed by atoms with Crippen molar-refractivity contribution in [3.05, 3.63) is 89.4 Å². The topological polar surface area (TPSA) is 66.9 Å². The number of nitrogens with one attached hydrogen (secondary N) is 2. The Hall–Kier alpha value is -3.21. The molecule has 0 spiro atoms. The molecule has 1 aromatic heterocycles. The van der Waals surface area contributed by atoms with Crippen LogP contribution in [-0.2, 0) is 6.54 Å². The second-order valence-electron chi connectivity index (χ2n) is 6.24. The minimum absolute atomic E-state index is 0.0781. The summed E-state index contributed by atoms with van der Waals surface area (Å²) in [6.07, 6.45) is 1.40. The van der Waals surface area contributed by atoms with E-state index in [2.05, 4.69) is 33.6 Å². The molecule has 3 rings (SSSR count). The van der Waals surface area contributed by atoms with Gasteiger partial charge in [0, 0.05) is 18.7 Å². The number of benzene rings is 2. The van der Waals surface area contributed by atoms with Gasteiger partial charge in [-0.1, -0.05) is 60.2 Å². The van der Waals surface area contributed by atoms with E-state index in [0.29, 0.717) is 18.1 Å². The number of nitrogens with zero attached hydrogens (tertiary/aromatic N) is 2. The molecule has 0 aliphatic rings. The van der Waals surface area contributed by atoms with Gasteiger partial charge in [0.2, 0.25) is 0 Å². The van der Waals surface area contributed by atoms with E-state index in [0.717, 1.165) is 11.1 Å². The Bertz CT molecular complexity index is 880. The number of carbonyl (C=O) groups excluding carboxylic acids is 1. The molecule has 0 fully saturated rings. The molecule has 1 amide bonds. The Balaban J connectivity index is 1.63. The van der Waals surface area contributed by atoms with Crippen LogP contribution in [0.1, 0.15) is 40.1 Å². The van der Waals surface area contributed by atoms with Gasteiger partial charge in [-0.3, -0.25) is 4.79 Å². The highest BCUT2D eigenvalue weighted by molar-refractivity contribution is 5.92. The van der Waals surface area contributed by atoms with E-state index in [1.807, 2.05) is 55.5 Å². The zero-order valence-corrected chi connectivity index (χ0v) is 14.9. The normalized spacial score (nSPS) is 11.6. The van der Waals surface area contributed by atoms with Gasteiger partial charge >= 0.3 is 0 Å². The van der Waals surface area contributed by atoms with Gasteiger partial charge in [0.05, 0.1) is 0 Å². The first-order chi connectivity index (χ1) is 12.6. The number of hydrogen-bond acceptors (Lipinski definition) is 4. The summed E-state index contributed by atoms with van der Waals surface area (Å²) in [5.74, 6) is 0.404. The van der Waals surface area contributed by atoms with Gasteiger partial charge in [-0.15, -0.1) is 0 Å². The highest BCUT2D eigenvalue weighted by atomic mass is 16.1. The summed E-state index contributed by atoms with van der Waals surface area (Å²) >= 11 is 0. The number of aromatic nitrogens is 2. The fraction of sp³-hybridized carbons (Fsp3) is 0.190. The van der Waals surface area contributed by atoms with E-state index in [1.165, 1.54) is 11.9 Å². The van der Waals surface area contributed by atoms with Crippen LogP contribution in [0.3, 0.4) is 0 Å². The van der Waals surface area contributed by atoms with Crippen LogP contribution < -0.4 is 10.6 Å². The van der Waals surface area contributed by atoms with Crippen LogP contribution in [0.4, 0.5) is 5.82 Å². The minimum Gasteiger partial charge on any atom is -0.363 e. The number of anilines is 1. The Labute approximate surface area is 153 Å². The van der Waals surface area contributed by atoms with Crippen molar-refractivity contribution in [3.8, 4) is 0 Å². The first-order valence-electron chi connectivity index (χ1n) is 8.59. The quantitative estimate of drug-likeness (QED) is 0.711. The van der Waals surface area contributed by atoms with Gasteiger partial charge in [0.1, 0.15) is 17.8 Å². The summed E-state index contributed by atoms with van der Waals surface area (Å²) in [6, 6.07) is 19.9. The number of aryl methyl sites for hydroxylation is 1. The molecule has 132 valence electrons. The van der Waals surface area contributed by atoms with Crippen molar-refractivity contribution < 1.29 is 4.79 Å². The van der Waals surface area contributed by atoms with Gasteiger partial charge in [0.25, 0.3) is 5.91 Å². The summed E-state index contributed by atoms with van der Waals surface area (Å²) < 4.78 is 0. The van der Waals surface area contributed by atoms with Gasteiger partial charge in [0.15, 0.2) is 0 Å². The first-order valence-corrected chi connectivity index (χ1v) is 8.59. The minimum atomic E-state index is -0.218. The summed E-state index contributed by atoms with van der Waals surface area (Å²) in [5, 5.41) is 6.20. The Morgan fingerprint density at radius 3 is 2.62 bits per heavy atom. The number of hydrogen-bond donors (Lipinski definition) is 2. The van der Waals surface area contributed by atoms with Crippen LogP contribution in [0, 0.1) is 6.92 Å². The van der Waals surface area contributed by atoms with Gasteiger partial charge < -0.3 is 10.6 Å². The van der Waals surface area contributed by atoms with Crippen LogP contribution in [0.25, 0.3) is 0 Å². The van der Waals surface area contributed by atoms with Gasteiger partial charge in [-0.2, -0.15) is 0 Å². The number of carbonyl (C=O) groups is 1. The maximum atomic E-state index is 12.4. The van der Waals surface area contributed by atoms with Crippen LogP contribution in [-0.4, -0.2) is 15.9 Å². The third-order valence-corrected chi connectivity index (χ3v) is 4.10. The molecule has 3 aromatic rings. The van der Waals surface area contributed by atoms with Crippen molar-refractivity contribution in [2.75, 3.05) is 5.32 Å². The van der Waals surface area contributed by atoms with E-state index in [-0.39, 0.29) is 11.9 Å². The van der Waals surface area contributed by atoms with Crippen molar-refractivity contribution in [2.45, 2.75) is 26.4 Å². The second kappa shape index (κ2) is 8.25. The highest BCUT2D eigenvalue weighted by Crippen LogP contribution is 2.17. The average Bonchev–Trinajstić information content (AvgIpc) is 2.67. The lowest BCUT2D eigenvalue weighted by atomic mass is 10.1. The summed E-state index contributed by atoms with van der Waals surface area (Å²) in [5.41, 5.74) is 3.72. The van der Waals surface area contributed by atoms with Crippen molar-refractivity contribution in [3.63, 3.8) is 0 Å². The van der Waals surface area contributed by atoms with E-state index in [9.17, 15) is 4.79 Å². The highest BCUT2D eigenvalue weighted by Gasteiger charge is 2.11. The van der Waals surface area contributed by atoms with E-state index in [4.69, 9.17) is 0 Å². The van der Waals surface area contributed by atoms with Crippen LogP contribution in [0.15, 0.2) is 67.0 Å². The first kappa shape index (κ1) is 17.6. The summed E-state index contributed by atoms with van der Waals surface area (Å²) in [7, 11) is 0. The molecule has 0 saturated heterocycles. The molecule has 2 N–H and O–H groups in total. The average molecular weight is 346 g/mol. The van der Waals surface area contributed by atoms with E-state index >= 15 is 0 Å². The SMILES string of the molecule is Cc1cccc(CNC(=O)c2cc(NC(C)c3ccccc3)ncn2)c1. The predicted octanol–water partition coefficient (Wildman–Crippen LogP) is 3.89. The molecule has 5 heteroatoms. The molecular weight excluding hydrogens is 324 g/mol.